The monoisotopic (exact) mass is 469 g/mol. The number of ether oxygens (including phenoxy) is 3. The molecule has 1 aromatic heterocycles. The largest absolute Gasteiger partial charge is 0.493 e. The molecule has 0 saturated carbocycles. The van der Waals surface area contributed by atoms with Crippen LogP contribution < -0.4 is 14.8 Å². The van der Waals surface area contributed by atoms with Crippen molar-refractivity contribution in [3.05, 3.63) is 58.1 Å². The van der Waals surface area contributed by atoms with Gasteiger partial charge < -0.3 is 14.2 Å². The first-order valence-electron chi connectivity index (χ1n) is 9.53. The van der Waals surface area contributed by atoms with Crippen LogP contribution in [-0.4, -0.2) is 31.9 Å². The summed E-state index contributed by atoms with van der Waals surface area (Å²) in [5.74, 6) is 1.13. The van der Waals surface area contributed by atoms with Crippen molar-refractivity contribution in [3.63, 3.8) is 0 Å². The van der Waals surface area contributed by atoms with Crippen LogP contribution in [0.2, 0.25) is 5.02 Å². The Morgan fingerprint density at radius 3 is 2.53 bits per heavy atom. The third-order valence-corrected chi connectivity index (χ3v) is 5.56. The minimum absolute atomic E-state index is 0.233. The summed E-state index contributed by atoms with van der Waals surface area (Å²) in [6, 6.07) is 14.6. The number of carbonyl (C=O) groups is 1. The molecule has 1 amide bonds. The van der Waals surface area contributed by atoms with Crippen molar-refractivity contribution in [2.24, 2.45) is 0 Å². The molecule has 0 fully saturated rings. The smallest absolute Gasteiger partial charge is 0.412 e. The Labute approximate surface area is 194 Å². The lowest BCUT2D eigenvalue weighted by Crippen LogP contribution is -2.12. The van der Waals surface area contributed by atoms with E-state index in [4.69, 9.17) is 25.8 Å². The SMILES string of the molecule is CCOC(=O)Nc1sc(/C(C#N)=C\c2ccc(OC)c(OC)c2)nc1-c1ccc(Cl)cc1. The number of halogens is 1. The summed E-state index contributed by atoms with van der Waals surface area (Å²) in [6.07, 6.45) is 1.10. The number of benzene rings is 2. The minimum atomic E-state index is -0.597. The highest BCUT2D eigenvalue weighted by molar-refractivity contribution is 7.17. The fourth-order valence-electron chi connectivity index (χ4n) is 2.83. The van der Waals surface area contributed by atoms with E-state index in [1.807, 2.05) is 6.07 Å². The number of aromatic nitrogens is 1. The number of hydrogen-bond acceptors (Lipinski definition) is 7. The molecule has 3 rings (SSSR count). The standard InChI is InChI=1S/C23H20ClN3O4S/c1-4-31-23(28)27-22-20(15-6-8-17(24)9-7-15)26-21(32-22)16(13-25)11-14-5-10-18(29-2)19(12-14)30-3/h5-12H,4H2,1-3H3,(H,27,28)/b16-11-. The Morgan fingerprint density at radius 1 is 1.19 bits per heavy atom. The van der Waals surface area contributed by atoms with Gasteiger partial charge in [0, 0.05) is 10.6 Å². The first-order valence-corrected chi connectivity index (χ1v) is 10.7. The van der Waals surface area contributed by atoms with Crippen LogP contribution in [0.15, 0.2) is 42.5 Å². The number of methoxy groups -OCH3 is 2. The molecule has 2 aromatic carbocycles. The number of nitrogens with zero attached hydrogens (tertiary/aromatic N) is 2. The van der Waals surface area contributed by atoms with Gasteiger partial charge in [-0.25, -0.2) is 9.78 Å². The zero-order chi connectivity index (χ0) is 23.1. The topological polar surface area (TPSA) is 93.5 Å². The highest BCUT2D eigenvalue weighted by atomic mass is 35.5. The molecule has 0 bridgehead atoms. The lowest BCUT2D eigenvalue weighted by molar-refractivity contribution is 0.168. The number of carbonyl (C=O) groups excluding carboxylic acids is 1. The van der Waals surface area contributed by atoms with E-state index >= 15 is 0 Å². The van der Waals surface area contributed by atoms with Gasteiger partial charge in [-0.05, 0) is 42.8 Å². The van der Waals surface area contributed by atoms with Gasteiger partial charge >= 0.3 is 6.09 Å². The maximum absolute atomic E-state index is 12.0. The average Bonchev–Trinajstić information content (AvgIpc) is 3.21. The normalized spacial score (nSPS) is 10.9. The van der Waals surface area contributed by atoms with Gasteiger partial charge in [-0.15, -0.1) is 0 Å². The Bertz CT molecular complexity index is 1180. The molecule has 0 radical (unpaired) electrons. The van der Waals surface area contributed by atoms with E-state index in [0.29, 0.717) is 37.8 Å². The molecule has 0 aliphatic rings. The molecule has 32 heavy (non-hydrogen) atoms. The number of nitriles is 1. The van der Waals surface area contributed by atoms with Gasteiger partial charge in [-0.2, -0.15) is 5.26 Å². The van der Waals surface area contributed by atoms with Gasteiger partial charge in [-0.1, -0.05) is 41.1 Å². The van der Waals surface area contributed by atoms with Crippen molar-refractivity contribution >= 4 is 45.7 Å². The third-order valence-electron chi connectivity index (χ3n) is 4.31. The van der Waals surface area contributed by atoms with E-state index < -0.39 is 6.09 Å². The molecular weight excluding hydrogens is 450 g/mol. The van der Waals surface area contributed by atoms with Crippen LogP contribution in [0.3, 0.4) is 0 Å². The maximum Gasteiger partial charge on any atom is 0.412 e. The van der Waals surface area contributed by atoms with Crippen molar-refractivity contribution in [3.8, 4) is 28.8 Å². The molecule has 0 unspecified atom stereocenters. The Hall–Kier alpha value is -3.54. The summed E-state index contributed by atoms with van der Waals surface area (Å²) < 4.78 is 15.6. The van der Waals surface area contributed by atoms with E-state index in [-0.39, 0.29) is 6.61 Å². The lowest BCUT2D eigenvalue weighted by Gasteiger charge is -2.07. The Balaban J connectivity index is 2.05. The molecule has 1 heterocycles. The highest BCUT2D eigenvalue weighted by Gasteiger charge is 2.18. The molecule has 3 aromatic rings. The second-order valence-corrected chi connectivity index (χ2v) is 7.77. The van der Waals surface area contributed by atoms with Crippen LogP contribution in [0.5, 0.6) is 11.5 Å². The fraction of sp³-hybridized carbons (Fsp3) is 0.174. The first kappa shape index (κ1) is 23.1. The predicted molar refractivity (Wildman–Crippen MR) is 126 cm³/mol. The average molecular weight is 470 g/mol. The second kappa shape index (κ2) is 10.7. The van der Waals surface area contributed by atoms with Crippen molar-refractivity contribution in [1.29, 1.82) is 5.26 Å². The zero-order valence-corrected chi connectivity index (χ0v) is 19.2. The van der Waals surface area contributed by atoms with Gasteiger partial charge in [0.1, 0.15) is 21.8 Å². The van der Waals surface area contributed by atoms with Gasteiger partial charge in [0.2, 0.25) is 0 Å². The Kier molecular flexibility index (Phi) is 7.71. The van der Waals surface area contributed by atoms with E-state index in [1.165, 1.54) is 11.3 Å². The van der Waals surface area contributed by atoms with Gasteiger partial charge in [0.25, 0.3) is 0 Å². The van der Waals surface area contributed by atoms with Crippen molar-refractivity contribution in [2.45, 2.75) is 6.92 Å². The van der Waals surface area contributed by atoms with Crippen LogP contribution >= 0.6 is 22.9 Å². The van der Waals surface area contributed by atoms with Crippen molar-refractivity contribution in [2.75, 3.05) is 26.1 Å². The fourth-order valence-corrected chi connectivity index (χ4v) is 3.90. The Morgan fingerprint density at radius 2 is 1.91 bits per heavy atom. The number of hydrogen-bond donors (Lipinski definition) is 1. The van der Waals surface area contributed by atoms with E-state index in [9.17, 15) is 10.1 Å². The summed E-state index contributed by atoms with van der Waals surface area (Å²) in [7, 11) is 3.10. The summed E-state index contributed by atoms with van der Waals surface area (Å²) in [4.78, 5) is 16.7. The summed E-state index contributed by atoms with van der Waals surface area (Å²) in [5.41, 5.74) is 2.33. The molecule has 164 valence electrons. The summed E-state index contributed by atoms with van der Waals surface area (Å²) in [6.45, 7) is 1.95. The molecule has 0 atom stereocenters. The van der Waals surface area contributed by atoms with Crippen LogP contribution in [0.25, 0.3) is 22.9 Å². The number of allylic oxidation sites excluding steroid dienone is 1. The van der Waals surface area contributed by atoms with E-state index in [2.05, 4.69) is 16.4 Å². The number of anilines is 1. The van der Waals surface area contributed by atoms with E-state index in [1.54, 1.807) is 63.6 Å². The number of nitrogens with one attached hydrogen (secondary N) is 1. The molecule has 0 aliphatic heterocycles. The molecule has 0 aliphatic carbocycles. The summed E-state index contributed by atoms with van der Waals surface area (Å²) in [5, 5.41) is 14.0. The molecule has 0 saturated heterocycles. The highest BCUT2D eigenvalue weighted by Crippen LogP contribution is 2.37. The number of thiazole rings is 1. The first-order chi connectivity index (χ1) is 15.5. The van der Waals surface area contributed by atoms with Gasteiger partial charge in [0.15, 0.2) is 11.5 Å². The van der Waals surface area contributed by atoms with Crippen molar-refractivity contribution < 1.29 is 19.0 Å². The molecule has 1 N–H and O–H groups in total. The zero-order valence-electron chi connectivity index (χ0n) is 17.6. The van der Waals surface area contributed by atoms with Crippen molar-refractivity contribution in [1.82, 2.24) is 4.98 Å². The molecular formula is C23H20ClN3O4S. The number of amides is 1. The molecule has 9 heteroatoms. The summed E-state index contributed by atoms with van der Waals surface area (Å²) >= 11 is 7.18. The lowest BCUT2D eigenvalue weighted by atomic mass is 10.1. The maximum atomic E-state index is 12.0. The predicted octanol–water partition coefficient (Wildman–Crippen LogP) is 6.11. The third kappa shape index (κ3) is 5.38. The van der Waals surface area contributed by atoms with Crippen LogP contribution in [-0.2, 0) is 4.74 Å². The second-order valence-electron chi connectivity index (χ2n) is 6.33. The molecule has 7 nitrogen and oxygen atoms in total. The van der Waals surface area contributed by atoms with Gasteiger partial charge in [0.05, 0.1) is 26.4 Å². The number of rotatable bonds is 7. The quantitative estimate of drug-likeness (QED) is 0.419. The van der Waals surface area contributed by atoms with Gasteiger partial charge in [-0.3, -0.25) is 5.32 Å². The van der Waals surface area contributed by atoms with Crippen LogP contribution in [0, 0.1) is 11.3 Å². The minimum Gasteiger partial charge on any atom is -0.493 e. The van der Waals surface area contributed by atoms with E-state index in [0.717, 1.165) is 11.1 Å². The van der Waals surface area contributed by atoms with Crippen LogP contribution in [0.4, 0.5) is 9.80 Å². The van der Waals surface area contributed by atoms with Crippen LogP contribution in [0.1, 0.15) is 17.5 Å². The molecule has 0 spiro atoms.